The first-order chi connectivity index (χ1) is 37.0. The molecule has 2 saturated heterocycles. The Morgan fingerprint density at radius 3 is 1.38 bits per heavy atom. The molecule has 0 bridgehead atoms. The summed E-state index contributed by atoms with van der Waals surface area (Å²) in [5, 5.41) is 9.80. The van der Waals surface area contributed by atoms with Gasteiger partial charge in [-0.15, -0.1) is 0 Å². The quantitative estimate of drug-likeness (QED) is 0.0841. The number of carboxylic acids is 1. The van der Waals surface area contributed by atoms with Crippen LogP contribution in [-0.2, 0) is 27.5 Å². The summed E-state index contributed by atoms with van der Waals surface area (Å²) in [7, 11) is 1.32. The maximum absolute atomic E-state index is 14.3. The lowest BCUT2D eigenvalue weighted by atomic mass is 10.1. The van der Waals surface area contributed by atoms with E-state index in [0.717, 1.165) is 44.6 Å². The van der Waals surface area contributed by atoms with E-state index in [9.17, 15) is 41.8 Å². The number of halogens is 6. The van der Waals surface area contributed by atoms with Crippen molar-refractivity contribution in [3.8, 4) is 45.4 Å². The number of ether oxygens (including phenoxy) is 3. The number of carbonyl (C=O) groups is 4. The average Bonchev–Trinajstić information content (AvgIpc) is 4.29. The number of hydrogen-bond acceptors (Lipinski definition) is 7. The Morgan fingerprint density at radius 2 is 0.974 bits per heavy atom. The van der Waals surface area contributed by atoms with E-state index in [1.807, 2.05) is 71.5 Å². The minimum atomic E-state index is -1.10. The number of aryl methyl sites for hydroxylation is 2. The molecule has 394 valence electrons. The molecule has 0 atom stereocenters. The summed E-state index contributed by atoms with van der Waals surface area (Å²) in [6.45, 7) is 4.72. The van der Waals surface area contributed by atoms with Crippen LogP contribution in [0, 0.1) is 37.1 Å². The maximum Gasteiger partial charge on any atom is 0.337 e. The van der Waals surface area contributed by atoms with Crippen molar-refractivity contribution in [1.29, 1.82) is 0 Å². The van der Waals surface area contributed by atoms with Crippen LogP contribution in [0.4, 0.5) is 28.9 Å². The van der Waals surface area contributed by atoms with Crippen molar-refractivity contribution in [2.24, 2.45) is 0 Å². The first-order valence-corrected chi connectivity index (χ1v) is 25.9. The summed E-state index contributed by atoms with van der Waals surface area (Å²) in [5.41, 5.74) is 7.76. The molecule has 77 heavy (non-hydrogen) atoms. The van der Waals surface area contributed by atoms with Crippen molar-refractivity contribution in [3.05, 3.63) is 199 Å². The van der Waals surface area contributed by atoms with Gasteiger partial charge in [0, 0.05) is 103 Å². The first-order valence-electron chi connectivity index (χ1n) is 24.3. The van der Waals surface area contributed by atoms with Crippen molar-refractivity contribution < 1.29 is 56.1 Å². The molecule has 0 spiro atoms. The summed E-state index contributed by atoms with van der Waals surface area (Å²) < 4.78 is 77.6. The fourth-order valence-electron chi connectivity index (χ4n) is 9.39. The van der Waals surface area contributed by atoms with Crippen molar-refractivity contribution in [3.63, 3.8) is 0 Å². The highest BCUT2D eigenvalue weighted by Gasteiger charge is 2.27. The van der Waals surface area contributed by atoms with Gasteiger partial charge in [-0.25, -0.2) is 27.2 Å². The molecule has 12 nitrogen and oxygen atoms in total. The Labute approximate surface area is 457 Å². The van der Waals surface area contributed by atoms with Gasteiger partial charge in [-0.1, -0.05) is 31.9 Å². The van der Waals surface area contributed by atoms with Gasteiger partial charge in [0.1, 0.15) is 48.0 Å². The SMILES string of the molecule is COC(=O)c1cc(N2CCCC2=O)cc(-n2c(C)ccc2-c2cc(Br)ccc2OCc2ccc(F)cc2F)c1.Cc1ccc(-c2cc(Br)ccc2OCc2ccc(F)cc2F)n1-c1cc(C(=O)O)cc(N2CCCC2=O)c1. The van der Waals surface area contributed by atoms with Gasteiger partial charge in [-0.3, -0.25) is 9.59 Å². The number of hydrogen-bond donors (Lipinski definition) is 1. The van der Waals surface area contributed by atoms with Crippen molar-refractivity contribution >= 4 is 67.0 Å². The smallest absolute Gasteiger partial charge is 0.337 e. The van der Waals surface area contributed by atoms with Gasteiger partial charge in [0.15, 0.2) is 0 Å². The largest absolute Gasteiger partial charge is 0.488 e. The number of amides is 2. The van der Waals surface area contributed by atoms with E-state index >= 15 is 0 Å². The van der Waals surface area contributed by atoms with Gasteiger partial charge < -0.3 is 38.3 Å². The predicted molar refractivity (Wildman–Crippen MR) is 290 cm³/mol. The van der Waals surface area contributed by atoms with E-state index in [1.54, 1.807) is 52.3 Å². The maximum atomic E-state index is 14.3. The Hall–Kier alpha value is -7.96. The molecule has 10 rings (SSSR count). The Bertz CT molecular complexity index is 3620. The third-order valence-corrected chi connectivity index (χ3v) is 14.1. The van der Waals surface area contributed by atoms with Crippen molar-refractivity contribution in [2.45, 2.75) is 52.7 Å². The molecule has 0 aliphatic carbocycles. The number of carbonyl (C=O) groups excluding carboxylic acids is 3. The third-order valence-electron chi connectivity index (χ3n) is 13.1. The van der Waals surface area contributed by atoms with Crippen LogP contribution in [0.15, 0.2) is 142 Å². The number of aromatic carboxylic acids is 1. The molecule has 1 N–H and O–H groups in total. The van der Waals surface area contributed by atoms with Gasteiger partial charge >= 0.3 is 11.9 Å². The lowest BCUT2D eigenvalue weighted by Crippen LogP contribution is -2.24. The highest BCUT2D eigenvalue weighted by Crippen LogP contribution is 2.40. The van der Waals surface area contributed by atoms with Crippen LogP contribution in [0.5, 0.6) is 11.5 Å². The molecule has 2 aliphatic rings. The topological polar surface area (TPSA) is 133 Å². The fourth-order valence-corrected chi connectivity index (χ4v) is 10.1. The summed E-state index contributed by atoms with van der Waals surface area (Å²) >= 11 is 7.03. The molecule has 2 fully saturated rings. The van der Waals surface area contributed by atoms with Crippen molar-refractivity contribution in [2.75, 3.05) is 30.0 Å². The van der Waals surface area contributed by atoms with Crippen LogP contribution in [0.25, 0.3) is 33.9 Å². The van der Waals surface area contributed by atoms with E-state index in [1.165, 1.54) is 37.4 Å². The normalized spacial score (nSPS) is 13.2. The second-order valence-electron chi connectivity index (χ2n) is 18.3. The Kier molecular flexibility index (Phi) is 16.2. The zero-order valence-corrected chi connectivity index (χ0v) is 44.9. The minimum Gasteiger partial charge on any atom is -0.488 e. The highest BCUT2D eigenvalue weighted by molar-refractivity contribution is 9.10. The molecule has 4 heterocycles. The molecule has 18 heteroatoms. The Morgan fingerprint density at radius 1 is 0.545 bits per heavy atom. The standard InChI is InChI=1S/C30H25BrF2N2O4.C29H23BrF2N2O4/c1-18-5-9-27(25-14-21(31)7-10-28(25)39-17-19-6-8-22(32)15-26(19)33)35(18)24-13-20(30(37)38-2)12-23(16-24)34-11-3-4-29(34)36;1-17-4-8-26(24-13-20(30)6-9-27(24)38-16-18-5-7-21(31)14-25(18)32)34(17)23-12-19(29(36)37)11-22(15-23)33-10-2-3-28(33)35/h5-10,12-16H,3-4,11,17H2,1-2H3;4-9,11-15H,2-3,10,16H2,1H3,(H,36,37). The second-order valence-corrected chi connectivity index (χ2v) is 20.1. The Balaban J connectivity index is 0.000000188. The van der Waals surface area contributed by atoms with Crippen LogP contribution in [0.3, 0.4) is 0 Å². The van der Waals surface area contributed by atoms with Crippen LogP contribution >= 0.6 is 31.9 Å². The minimum absolute atomic E-state index is 0.00289. The number of aromatic nitrogens is 2. The third kappa shape index (κ3) is 11.9. The number of benzene rings is 6. The second kappa shape index (κ2) is 23.1. The van der Waals surface area contributed by atoms with E-state index in [-0.39, 0.29) is 41.7 Å². The average molecular weight is 1180 g/mol. The number of rotatable bonds is 14. The summed E-state index contributed by atoms with van der Waals surface area (Å²) in [6.07, 6.45) is 2.34. The number of nitrogens with zero attached hydrogens (tertiary/aromatic N) is 4. The van der Waals surface area contributed by atoms with Crippen LogP contribution in [0.1, 0.15) is 68.9 Å². The fraction of sp³-hybridized carbons (Fsp3) is 0.186. The lowest BCUT2D eigenvalue weighted by molar-refractivity contribution is -0.117. The molecule has 0 unspecified atom stereocenters. The van der Waals surface area contributed by atoms with Gasteiger partial charge in [0.05, 0.1) is 29.6 Å². The molecular formula is C59H48Br2F4N4O8. The van der Waals surface area contributed by atoms with Crippen molar-refractivity contribution in [1.82, 2.24) is 9.13 Å². The molecule has 6 aromatic carbocycles. The first kappa shape index (κ1) is 53.9. The summed E-state index contributed by atoms with van der Waals surface area (Å²) in [4.78, 5) is 52.8. The van der Waals surface area contributed by atoms with Gasteiger partial charge in [-0.05, 0) is 148 Å². The number of esters is 1. The van der Waals surface area contributed by atoms with Gasteiger partial charge in [0.25, 0.3) is 0 Å². The number of anilines is 2. The molecule has 2 amide bonds. The van der Waals surface area contributed by atoms with Gasteiger partial charge in [-0.2, -0.15) is 0 Å². The van der Waals surface area contributed by atoms with Gasteiger partial charge in [0.2, 0.25) is 11.8 Å². The lowest BCUT2D eigenvalue weighted by Gasteiger charge is -2.21. The zero-order valence-electron chi connectivity index (χ0n) is 41.7. The molecule has 0 radical (unpaired) electrons. The number of methoxy groups -OCH3 is 1. The van der Waals surface area contributed by atoms with E-state index in [4.69, 9.17) is 14.2 Å². The van der Waals surface area contributed by atoms with E-state index < -0.39 is 35.2 Å². The van der Waals surface area contributed by atoms with Crippen LogP contribution in [0.2, 0.25) is 0 Å². The van der Waals surface area contributed by atoms with Crippen LogP contribution in [-0.4, -0.2) is 58.2 Å². The van der Waals surface area contributed by atoms with E-state index in [0.29, 0.717) is 89.0 Å². The van der Waals surface area contributed by atoms with Crippen LogP contribution < -0.4 is 19.3 Å². The molecule has 0 saturated carbocycles. The monoisotopic (exact) mass is 1170 g/mol. The summed E-state index contributed by atoms with van der Waals surface area (Å²) in [6, 6.07) is 35.4. The zero-order chi connectivity index (χ0) is 54.7. The van der Waals surface area contributed by atoms with E-state index in [2.05, 4.69) is 31.9 Å². The summed E-state index contributed by atoms with van der Waals surface area (Å²) in [5.74, 6) is -3.40. The number of carboxylic acid groups (broad SMARTS) is 1. The molecule has 8 aromatic rings. The predicted octanol–water partition coefficient (Wildman–Crippen LogP) is 13.9. The highest BCUT2D eigenvalue weighted by atomic mass is 79.9. The molecular weight excluding hydrogens is 1130 g/mol. The molecule has 2 aromatic heterocycles. The molecule has 2 aliphatic heterocycles.